The maximum atomic E-state index is 11.7. The summed E-state index contributed by atoms with van der Waals surface area (Å²) in [5.74, 6) is 7.06. The van der Waals surface area contributed by atoms with Crippen LogP contribution in [0.3, 0.4) is 0 Å². The van der Waals surface area contributed by atoms with Crippen LogP contribution in [-0.4, -0.2) is 45.7 Å². The summed E-state index contributed by atoms with van der Waals surface area (Å²) in [4.78, 5) is 15.7. The number of ketones is 1. The number of Topliss-reactive ketones (excluding diaryl/α,β-unsaturated/α-hetero) is 1. The van der Waals surface area contributed by atoms with Crippen molar-refractivity contribution in [3.63, 3.8) is 0 Å². The molecule has 0 amide bonds. The van der Waals surface area contributed by atoms with E-state index in [4.69, 9.17) is 10.00 Å². The highest BCUT2D eigenvalue weighted by Crippen LogP contribution is 2.28. The largest absolute Gasteiger partial charge is 0.490 e. The highest BCUT2D eigenvalue weighted by atomic mass is 16.5. The van der Waals surface area contributed by atoms with Crippen LogP contribution < -0.4 is 10.1 Å². The van der Waals surface area contributed by atoms with Gasteiger partial charge in [0, 0.05) is 30.9 Å². The summed E-state index contributed by atoms with van der Waals surface area (Å²) >= 11 is 0. The van der Waals surface area contributed by atoms with E-state index in [1.807, 2.05) is 48.5 Å². The Balaban J connectivity index is 1.36. The van der Waals surface area contributed by atoms with Crippen molar-refractivity contribution in [3.05, 3.63) is 72.3 Å². The van der Waals surface area contributed by atoms with Crippen molar-refractivity contribution in [2.75, 3.05) is 13.2 Å². The van der Waals surface area contributed by atoms with Gasteiger partial charge in [-0.25, -0.2) is 4.98 Å². The van der Waals surface area contributed by atoms with Crippen LogP contribution in [0.1, 0.15) is 42.0 Å². The van der Waals surface area contributed by atoms with Gasteiger partial charge in [-0.2, -0.15) is 5.26 Å². The predicted octanol–water partition coefficient (Wildman–Crippen LogP) is 3.36. The van der Waals surface area contributed by atoms with Crippen molar-refractivity contribution >= 4 is 5.78 Å². The molecule has 1 aliphatic rings. The fourth-order valence-electron chi connectivity index (χ4n) is 3.89. The van der Waals surface area contributed by atoms with Gasteiger partial charge in [-0.3, -0.25) is 4.79 Å². The fraction of sp³-hybridized carbons (Fsp3) is 0.296. The fourth-order valence-corrected chi connectivity index (χ4v) is 3.89. The van der Waals surface area contributed by atoms with E-state index in [1.54, 1.807) is 10.8 Å². The minimum atomic E-state index is -0.540. The van der Waals surface area contributed by atoms with Gasteiger partial charge in [0.1, 0.15) is 17.9 Å². The number of ether oxygens (including phenoxy) is 1. The molecule has 1 aliphatic carbocycles. The Kier molecular flexibility index (Phi) is 7.39. The van der Waals surface area contributed by atoms with Gasteiger partial charge in [0.05, 0.1) is 19.2 Å². The van der Waals surface area contributed by atoms with Gasteiger partial charge in [-0.15, -0.1) is 0 Å². The number of hydrogen-bond acceptors (Lipinski definition) is 6. The lowest BCUT2D eigenvalue weighted by Crippen LogP contribution is -2.46. The topological polar surface area (TPSA) is 100 Å². The highest BCUT2D eigenvalue weighted by Gasteiger charge is 2.30. The van der Waals surface area contributed by atoms with Crippen LogP contribution in [0.15, 0.2) is 60.9 Å². The zero-order valence-electron chi connectivity index (χ0n) is 18.9. The average Bonchev–Trinajstić information content (AvgIpc) is 3.32. The van der Waals surface area contributed by atoms with Crippen molar-refractivity contribution in [2.45, 2.75) is 38.0 Å². The molecule has 7 nitrogen and oxygen atoms in total. The molecule has 1 atom stereocenters. The maximum absolute atomic E-state index is 11.7. The summed E-state index contributed by atoms with van der Waals surface area (Å²) in [6.07, 6.45) is 5.21. The van der Waals surface area contributed by atoms with Crippen molar-refractivity contribution < 1.29 is 14.6 Å². The van der Waals surface area contributed by atoms with Crippen LogP contribution in [0, 0.1) is 23.2 Å². The maximum Gasteiger partial charge on any atom is 0.195 e. The zero-order chi connectivity index (χ0) is 23.9. The van der Waals surface area contributed by atoms with E-state index >= 15 is 0 Å². The lowest BCUT2D eigenvalue weighted by molar-refractivity contribution is 0.0869. The van der Waals surface area contributed by atoms with Crippen LogP contribution in [0.25, 0.3) is 11.1 Å². The Labute approximate surface area is 199 Å². The second-order valence-corrected chi connectivity index (χ2v) is 8.23. The third kappa shape index (κ3) is 5.52. The standard InChI is InChI=1S/C27H26N4O3/c1-19(33)27-30-14-15-31(27)24(18-32)9-4-20-2-5-21(6-3-20)22-7-10-25(11-8-22)34-26-16-23(17-26)29-13-12-28/h2-3,5-8,10-11,14-15,23-24,26,29,32H,13,16-18H2,1H3/t23?,24-,26?/m0/s1. The van der Waals surface area contributed by atoms with Gasteiger partial charge in [-0.1, -0.05) is 36.1 Å². The van der Waals surface area contributed by atoms with Gasteiger partial charge in [-0.05, 0) is 48.2 Å². The van der Waals surface area contributed by atoms with Gasteiger partial charge in [0.15, 0.2) is 11.6 Å². The number of imidazole rings is 1. The molecule has 3 aromatic rings. The Hall–Kier alpha value is -3.91. The molecule has 7 heteroatoms. The molecule has 2 aromatic carbocycles. The number of nitrogens with zero attached hydrogens (tertiary/aromatic N) is 3. The number of hydrogen-bond donors (Lipinski definition) is 2. The van der Waals surface area contributed by atoms with Crippen molar-refractivity contribution in [1.82, 2.24) is 14.9 Å². The number of carbonyl (C=O) groups excluding carboxylic acids is 1. The predicted molar refractivity (Wildman–Crippen MR) is 128 cm³/mol. The van der Waals surface area contributed by atoms with Gasteiger partial charge in [0.2, 0.25) is 0 Å². The second kappa shape index (κ2) is 10.8. The third-order valence-corrected chi connectivity index (χ3v) is 5.82. The normalized spacial score (nSPS) is 17.6. The molecule has 34 heavy (non-hydrogen) atoms. The third-order valence-electron chi connectivity index (χ3n) is 5.82. The lowest BCUT2D eigenvalue weighted by Gasteiger charge is -2.35. The SMILES string of the molecule is CC(=O)c1nccn1[C@@H](C#Cc1ccc(-c2ccc(OC3CC(NCC#N)C3)cc2)cc1)CO. The number of carbonyl (C=O) groups is 1. The Morgan fingerprint density at radius 1 is 1.21 bits per heavy atom. The average molecular weight is 455 g/mol. The Morgan fingerprint density at radius 2 is 1.88 bits per heavy atom. The van der Waals surface area contributed by atoms with Crippen molar-refractivity contribution in [3.8, 4) is 34.8 Å². The van der Waals surface area contributed by atoms with Crippen LogP contribution in [0.2, 0.25) is 0 Å². The van der Waals surface area contributed by atoms with Crippen LogP contribution in [0.5, 0.6) is 5.75 Å². The van der Waals surface area contributed by atoms with E-state index in [-0.39, 0.29) is 24.3 Å². The molecule has 172 valence electrons. The highest BCUT2D eigenvalue weighted by molar-refractivity contribution is 5.90. The first-order valence-electron chi connectivity index (χ1n) is 11.2. The molecule has 0 radical (unpaired) electrons. The number of nitrogens with one attached hydrogen (secondary N) is 1. The van der Waals surface area contributed by atoms with Gasteiger partial charge in [0.25, 0.3) is 0 Å². The first kappa shape index (κ1) is 23.3. The molecule has 0 saturated heterocycles. The first-order chi connectivity index (χ1) is 16.6. The molecule has 1 saturated carbocycles. The Morgan fingerprint density at radius 3 is 2.50 bits per heavy atom. The van der Waals surface area contributed by atoms with E-state index in [9.17, 15) is 9.90 Å². The summed E-state index contributed by atoms with van der Waals surface area (Å²) in [6.45, 7) is 1.61. The van der Waals surface area contributed by atoms with Crippen molar-refractivity contribution in [2.24, 2.45) is 0 Å². The molecule has 2 N–H and O–H groups in total. The summed E-state index contributed by atoms with van der Waals surface area (Å²) in [7, 11) is 0. The van der Waals surface area contributed by atoms with E-state index in [2.05, 4.69) is 28.2 Å². The molecule has 0 spiro atoms. The molecule has 1 fully saturated rings. The number of rotatable bonds is 8. The summed E-state index contributed by atoms with van der Waals surface area (Å²) in [5, 5.41) is 21.5. The molecule has 1 aromatic heterocycles. The number of aliphatic hydroxyl groups excluding tert-OH is 1. The van der Waals surface area contributed by atoms with Crippen LogP contribution >= 0.6 is 0 Å². The van der Waals surface area contributed by atoms with Gasteiger partial charge >= 0.3 is 0 Å². The Bertz CT molecular complexity index is 1220. The second-order valence-electron chi connectivity index (χ2n) is 8.23. The van der Waals surface area contributed by atoms with E-state index in [0.717, 1.165) is 35.3 Å². The van der Waals surface area contributed by atoms with E-state index < -0.39 is 6.04 Å². The van der Waals surface area contributed by atoms with Crippen LogP contribution in [0.4, 0.5) is 0 Å². The number of nitriles is 1. The molecular weight excluding hydrogens is 428 g/mol. The van der Waals surface area contributed by atoms with Gasteiger partial charge < -0.3 is 19.7 Å². The molecule has 0 bridgehead atoms. The van der Waals surface area contributed by atoms with Crippen LogP contribution in [-0.2, 0) is 0 Å². The molecule has 0 aliphatic heterocycles. The first-order valence-corrected chi connectivity index (χ1v) is 11.2. The number of aliphatic hydroxyl groups is 1. The minimum Gasteiger partial charge on any atom is -0.490 e. The summed E-state index contributed by atoms with van der Waals surface area (Å²) in [5.41, 5.74) is 2.96. The molecular formula is C27H26N4O3. The minimum absolute atomic E-state index is 0.171. The quantitative estimate of drug-likeness (QED) is 0.308. The van der Waals surface area contributed by atoms with E-state index in [0.29, 0.717) is 12.6 Å². The lowest BCUT2D eigenvalue weighted by atomic mass is 9.89. The number of aromatic nitrogens is 2. The van der Waals surface area contributed by atoms with Crippen molar-refractivity contribution in [1.29, 1.82) is 5.26 Å². The molecule has 1 heterocycles. The summed E-state index contributed by atoms with van der Waals surface area (Å²) in [6, 6.07) is 17.8. The van der Waals surface area contributed by atoms with E-state index in [1.165, 1.54) is 13.1 Å². The molecule has 4 rings (SSSR count). The zero-order valence-corrected chi connectivity index (χ0v) is 18.9. The molecule has 0 unspecified atom stereocenters. The monoisotopic (exact) mass is 454 g/mol. The summed E-state index contributed by atoms with van der Waals surface area (Å²) < 4.78 is 7.60. The smallest absolute Gasteiger partial charge is 0.195 e. The number of benzene rings is 2.